The van der Waals surface area contributed by atoms with Gasteiger partial charge >= 0.3 is 0 Å². The second-order valence-electron chi connectivity index (χ2n) is 18.7. The van der Waals surface area contributed by atoms with Gasteiger partial charge < -0.3 is 18.3 Å². The molecule has 0 unspecified atom stereocenters. The number of benzene rings is 11. The van der Waals surface area contributed by atoms with Gasteiger partial charge in [-0.15, -0.1) is 29.7 Å². The van der Waals surface area contributed by atoms with E-state index in [0.717, 1.165) is 116 Å². The van der Waals surface area contributed by atoms with Crippen molar-refractivity contribution < 1.29 is 30.4 Å². The molecule has 11 aromatic carbocycles. The number of hydrogen-bond acceptors (Lipinski definition) is 2. The molecule has 4 heterocycles. The Morgan fingerprint density at radius 1 is 0.400 bits per heavy atom. The minimum Gasteiger partial charge on any atom is -0.510 e. The molecule has 15 aromatic rings. The van der Waals surface area contributed by atoms with E-state index in [1.54, 1.807) is 0 Å². The number of hydrogen-bond donors (Lipinski definition) is 0. The Balaban J connectivity index is 0.00000516. The molecule has 0 saturated heterocycles. The van der Waals surface area contributed by atoms with Gasteiger partial charge in [-0.05, 0) is 63.7 Å². The first kappa shape index (κ1) is 44.4. The molecule has 0 aliphatic rings. The first-order valence-corrected chi connectivity index (χ1v) is 24.9. The Bertz CT molecular complexity index is 4710. The number of fused-ring (bicyclic) bond motifs is 11. The summed E-state index contributed by atoms with van der Waals surface area (Å²) in [6.07, 6.45) is 3.79. The van der Waals surface area contributed by atoms with E-state index < -0.39 is 0 Å². The molecule has 0 radical (unpaired) electrons. The fourth-order valence-corrected chi connectivity index (χ4v) is 11.3. The van der Waals surface area contributed by atoms with Crippen molar-refractivity contribution in [2.24, 2.45) is 0 Å². The molecule has 75 heavy (non-hydrogen) atoms. The maximum absolute atomic E-state index is 6.86. The van der Waals surface area contributed by atoms with Crippen molar-refractivity contribution in [2.75, 3.05) is 0 Å². The fourth-order valence-electron chi connectivity index (χ4n) is 11.3. The first-order valence-electron chi connectivity index (χ1n) is 24.9. The van der Waals surface area contributed by atoms with Crippen LogP contribution in [0.3, 0.4) is 0 Å². The fraction of sp³-hybridized carbons (Fsp3) is 0. The molecular weight excluding hydrogens is 1100 g/mol. The summed E-state index contributed by atoms with van der Waals surface area (Å²) in [5.74, 6) is 1.90. The molecule has 4 aromatic heterocycles. The predicted molar refractivity (Wildman–Crippen MR) is 301 cm³/mol. The van der Waals surface area contributed by atoms with Crippen molar-refractivity contribution in [1.29, 1.82) is 0 Å². The average Bonchev–Trinajstić information content (AvgIpc) is 4.21. The van der Waals surface area contributed by atoms with Crippen LogP contribution in [0, 0.1) is 18.5 Å². The largest absolute Gasteiger partial charge is 0.510 e. The third-order valence-electron chi connectivity index (χ3n) is 14.5. The number of ether oxygens (including phenoxy) is 1. The molecule has 0 aliphatic carbocycles. The molecule has 0 aliphatic heterocycles. The van der Waals surface area contributed by atoms with Gasteiger partial charge in [0.1, 0.15) is 5.82 Å². The second-order valence-corrected chi connectivity index (χ2v) is 18.7. The van der Waals surface area contributed by atoms with E-state index in [1.807, 2.05) is 18.2 Å². The maximum atomic E-state index is 6.86. The van der Waals surface area contributed by atoms with Crippen molar-refractivity contribution in [3.05, 3.63) is 267 Å². The first-order chi connectivity index (χ1) is 36.7. The van der Waals surface area contributed by atoms with E-state index in [9.17, 15) is 0 Å². The number of rotatable bonds is 7. The van der Waals surface area contributed by atoms with Gasteiger partial charge in [-0.1, -0.05) is 194 Å². The number of imidazole rings is 1. The van der Waals surface area contributed by atoms with Gasteiger partial charge in [0.15, 0.2) is 0 Å². The molecular formula is C68H41N5OPt-2. The van der Waals surface area contributed by atoms with Gasteiger partial charge in [-0.25, -0.2) is 4.98 Å². The SMILES string of the molecule is [Pt].[c-]1c(Oc2[c-]c3c(cc2)c2ccccc2n3-c2nc3ccccc3c3ccccc3n3c4ccccc4c4cccc2c43)cccc1-n1[c-][n+](-c2c(-c3ccccc3)cccc2-c2ccccc2)c2ccccc21. The topological polar surface area (TPSA) is 40.3 Å². The normalized spacial score (nSPS) is 11.6. The van der Waals surface area contributed by atoms with Crippen LogP contribution in [-0.2, 0) is 21.1 Å². The Morgan fingerprint density at radius 3 is 1.65 bits per heavy atom. The molecule has 0 N–H and O–H groups in total. The third kappa shape index (κ3) is 7.13. The number of para-hydroxylation sites is 8. The number of aromatic nitrogens is 5. The van der Waals surface area contributed by atoms with Crippen LogP contribution in [0.4, 0.5) is 0 Å². The Hall–Kier alpha value is -9.35. The molecule has 15 rings (SSSR count). The van der Waals surface area contributed by atoms with E-state index in [0.29, 0.717) is 11.5 Å². The molecule has 7 heteroatoms. The van der Waals surface area contributed by atoms with Crippen LogP contribution in [0.15, 0.2) is 249 Å². The van der Waals surface area contributed by atoms with E-state index in [4.69, 9.17) is 9.72 Å². The maximum Gasteiger partial charge on any atom is 0.268 e. The second kappa shape index (κ2) is 18.0. The zero-order valence-electron chi connectivity index (χ0n) is 40.1. The summed E-state index contributed by atoms with van der Waals surface area (Å²) < 4.78 is 15.8. The van der Waals surface area contributed by atoms with Crippen molar-refractivity contribution in [2.45, 2.75) is 0 Å². The summed E-state index contributed by atoms with van der Waals surface area (Å²) in [5, 5.41) is 7.65. The summed E-state index contributed by atoms with van der Waals surface area (Å²) in [4.78, 5) is 5.74. The van der Waals surface area contributed by atoms with Gasteiger partial charge in [0.25, 0.3) is 6.33 Å². The summed E-state index contributed by atoms with van der Waals surface area (Å²) in [6, 6.07) is 94.7. The zero-order valence-corrected chi connectivity index (χ0v) is 42.4. The molecule has 356 valence electrons. The monoisotopic (exact) mass is 1140 g/mol. The predicted octanol–water partition coefficient (Wildman–Crippen LogP) is 16.4. The molecule has 0 atom stereocenters. The van der Waals surface area contributed by atoms with Crippen molar-refractivity contribution in [3.63, 3.8) is 0 Å². The van der Waals surface area contributed by atoms with E-state index in [-0.39, 0.29) is 21.1 Å². The molecule has 0 spiro atoms. The number of nitrogens with zero attached hydrogens (tertiary/aromatic N) is 5. The summed E-state index contributed by atoms with van der Waals surface area (Å²) >= 11 is 0. The van der Waals surface area contributed by atoms with Gasteiger partial charge in [-0.2, -0.15) is 18.2 Å². The van der Waals surface area contributed by atoms with E-state index >= 15 is 0 Å². The van der Waals surface area contributed by atoms with Crippen LogP contribution in [0.1, 0.15) is 0 Å². The minimum atomic E-state index is 0. The van der Waals surface area contributed by atoms with Gasteiger partial charge in [0.2, 0.25) is 0 Å². The quantitative estimate of drug-likeness (QED) is 0.118. The van der Waals surface area contributed by atoms with Crippen molar-refractivity contribution in [1.82, 2.24) is 18.5 Å². The van der Waals surface area contributed by atoms with Gasteiger partial charge in [0, 0.05) is 65.0 Å². The van der Waals surface area contributed by atoms with E-state index in [1.165, 1.54) is 5.39 Å². The molecule has 0 fully saturated rings. The molecule has 0 saturated carbocycles. The smallest absolute Gasteiger partial charge is 0.268 e. The molecule has 6 nitrogen and oxygen atoms in total. The van der Waals surface area contributed by atoms with Crippen LogP contribution in [0.2, 0.25) is 0 Å². The van der Waals surface area contributed by atoms with Crippen LogP contribution in [0.5, 0.6) is 11.5 Å². The van der Waals surface area contributed by atoms with Crippen LogP contribution in [0.25, 0.3) is 121 Å². The Morgan fingerprint density at radius 2 is 0.933 bits per heavy atom. The van der Waals surface area contributed by atoms with E-state index in [2.05, 4.69) is 267 Å². The molecule has 0 bridgehead atoms. The Kier molecular flexibility index (Phi) is 10.6. The molecule has 0 amide bonds. The van der Waals surface area contributed by atoms with Gasteiger partial charge in [0.05, 0.1) is 38.8 Å². The van der Waals surface area contributed by atoms with Crippen molar-refractivity contribution in [3.8, 4) is 50.9 Å². The summed E-state index contributed by atoms with van der Waals surface area (Å²) in [6.45, 7) is 0. The Labute approximate surface area is 446 Å². The van der Waals surface area contributed by atoms with Crippen LogP contribution < -0.4 is 9.30 Å². The van der Waals surface area contributed by atoms with Crippen LogP contribution >= 0.6 is 0 Å². The minimum absolute atomic E-state index is 0. The zero-order chi connectivity index (χ0) is 48.7. The summed E-state index contributed by atoms with van der Waals surface area (Å²) in [5.41, 5.74) is 14.4. The standard InChI is InChI=1S/C68H41N5O.Pt/c1-3-20-45(21-4-1)50-30-18-31-51(46-22-5-2-6-23-46)66(50)71-44-70(63-38-15-16-39-64(63)71)47-24-17-25-48(42-47)74-49-40-41-56-54-28-9-14-37-62(54)73(65(56)43-49)68-58-33-19-32-57-55-29-10-13-36-61(55)72(67(57)58)60-35-12-8-27-53(60)52-26-7-11-34-59(52)69-68;/h1-41H;/q-2;. The summed E-state index contributed by atoms with van der Waals surface area (Å²) in [7, 11) is 0. The van der Waals surface area contributed by atoms with Crippen molar-refractivity contribution >= 4 is 81.8 Å². The third-order valence-corrected chi connectivity index (χ3v) is 14.5. The van der Waals surface area contributed by atoms with Gasteiger partial charge in [-0.3, -0.25) is 4.57 Å². The average molecular weight is 1140 g/mol. The van der Waals surface area contributed by atoms with Crippen LogP contribution in [-0.4, -0.2) is 18.5 Å².